The fourth-order valence-corrected chi connectivity index (χ4v) is 3.68. The third-order valence-corrected chi connectivity index (χ3v) is 7.11. The van der Waals surface area contributed by atoms with Gasteiger partial charge in [-0.2, -0.15) is 22.0 Å². The van der Waals surface area contributed by atoms with Crippen molar-refractivity contribution in [3.63, 3.8) is 0 Å². The van der Waals surface area contributed by atoms with Crippen molar-refractivity contribution < 1.29 is 84.2 Å². The summed E-state index contributed by atoms with van der Waals surface area (Å²) in [5.41, 5.74) is -2.33. The van der Waals surface area contributed by atoms with Crippen LogP contribution >= 0.6 is 0 Å². The molecule has 276 valence electrons. The van der Waals surface area contributed by atoms with Crippen molar-refractivity contribution in [2.45, 2.75) is 26.3 Å². The second kappa shape index (κ2) is 14.8. The average Bonchev–Trinajstić information content (AvgIpc) is 3.02. The van der Waals surface area contributed by atoms with Crippen LogP contribution in [0.3, 0.4) is 0 Å². The first-order valence-electron chi connectivity index (χ1n) is 13.4. The largest absolute Gasteiger partial charge is 0.864 e. The minimum atomic E-state index is -3.29. The lowest BCUT2D eigenvalue weighted by molar-refractivity contribution is 0.199. The quantitative estimate of drug-likeness (QED) is 0.0471. The zero-order valence-corrected chi connectivity index (χ0v) is 26.0. The summed E-state index contributed by atoms with van der Waals surface area (Å²) in [6, 6.07) is 0.976. The van der Waals surface area contributed by atoms with Gasteiger partial charge in [0.05, 0.1) is 37.1 Å². The summed E-state index contributed by atoms with van der Waals surface area (Å²) in [5.74, 6) is -38.9. The van der Waals surface area contributed by atoms with Crippen LogP contribution in [0.15, 0.2) is 18.2 Å². The maximum atomic E-state index is 15.6. The molecule has 0 spiro atoms. The molecule has 0 atom stereocenters. The smallest absolute Gasteiger partial charge is 0.484 e. The van der Waals surface area contributed by atoms with Gasteiger partial charge in [-0.15, -0.1) is 6.07 Å². The molecule has 0 unspecified atom stereocenters. The minimum Gasteiger partial charge on any atom is -0.484 e. The van der Waals surface area contributed by atoms with Crippen LogP contribution < -0.4 is 18.4 Å². The Morgan fingerprint density at radius 3 is 1.27 bits per heavy atom. The van der Waals surface area contributed by atoms with Crippen molar-refractivity contribution in [1.82, 2.24) is 4.48 Å². The molecule has 21 heteroatoms. The van der Waals surface area contributed by atoms with Gasteiger partial charge in [0.25, 0.3) is 0 Å². The molecule has 0 aliphatic carbocycles. The Bertz CT molecular complexity index is 1900. The van der Waals surface area contributed by atoms with Gasteiger partial charge in [0.1, 0.15) is 0 Å². The first-order chi connectivity index (χ1) is 23.3. The Labute approximate surface area is 277 Å². The minimum absolute atomic E-state index is 0.221. The highest BCUT2D eigenvalue weighted by Crippen LogP contribution is 2.41. The Balaban J connectivity index is 0.000000602. The van der Waals surface area contributed by atoms with Crippen molar-refractivity contribution in [3.8, 4) is 17.2 Å². The average molecular weight is 755 g/mol. The molecule has 4 nitrogen and oxygen atoms in total. The van der Waals surface area contributed by atoms with Crippen LogP contribution in [0.25, 0.3) is 0 Å². The van der Waals surface area contributed by atoms with E-state index in [1.165, 1.54) is 26.8 Å². The molecule has 0 amide bonds. The number of halogens is 16. The van der Waals surface area contributed by atoms with E-state index >= 15 is 4.39 Å². The van der Waals surface area contributed by atoms with E-state index in [-0.39, 0.29) is 18.2 Å². The van der Waals surface area contributed by atoms with E-state index in [4.69, 9.17) is 0 Å². The van der Waals surface area contributed by atoms with Gasteiger partial charge in [-0.1, -0.05) is 6.07 Å². The van der Waals surface area contributed by atoms with Crippen molar-refractivity contribution in [3.05, 3.63) is 117 Å². The molecule has 0 aromatic heterocycles. The molecule has 0 saturated heterocycles. The van der Waals surface area contributed by atoms with E-state index < -0.39 is 133 Å². The van der Waals surface area contributed by atoms with E-state index in [1.807, 2.05) is 0 Å². The third-order valence-electron chi connectivity index (χ3n) is 7.11. The summed E-state index contributed by atoms with van der Waals surface area (Å²) >= 11 is 0. The molecule has 0 heterocycles. The van der Waals surface area contributed by atoms with Crippen molar-refractivity contribution in [1.29, 1.82) is 0 Å². The normalized spacial score (nSPS) is 11.6. The van der Waals surface area contributed by atoms with E-state index in [1.54, 1.807) is 0 Å². The van der Waals surface area contributed by atoms with Crippen LogP contribution in [0.5, 0.6) is 17.2 Å². The third kappa shape index (κ3) is 8.07. The highest BCUT2D eigenvalue weighted by Gasteiger charge is 2.46. The van der Waals surface area contributed by atoms with Gasteiger partial charge in [-0.3, -0.25) is 8.87 Å². The maximum Gasteiger partial charge on any atom is 0.864 e. The first-order valence-corrected chi connectivity index (χ1v) is 13.4. The van der Waals surface area contributed by atoms with E-state index in [0.717, 1.165) is 14.1 Å². The molecule has 0 radical (unpaired) electrons. The molecule has 4 rings (SSSR count). The summed E-state index contributed by atoms with van der Waals surface area (Å²) in [6.07, 6.45) is 0. The zero-order valence-electron chi connectivity index (χ0n) is 26.0. The zero-order chi connectivity index (χ0) is 39.1. The number of benzene rings is 4. The van der Waals surface area contributed by atoms with E-state index in [2.05, 4.69) is 14.0 Å². The van der Waals surface area contributed by atoms with Crippen molar-refractivity contribution >= 4 is 13.0 Å². The molecule has 0 aliphatic heterocycles. The lowest BCUT2D eigenvalue weighted by Crippen LogP contribution is -2.56. The summed E-state index contributed by atoms with van der Waals surface area (Å²) in [7, 11) is -0.971. The number of rotatable bonds is 7. The Morgan fingerprint density at radius 2 is 0.863 bits per heavy atom. The Hall–Kier alpha value is -4.82. The second-order valence-corrected chi connectivity index (χ2v) is 11.4. The van der Waals surface area contributed by atoms with Crippen LogP contribution in [0.2, 0.25) is 0 Å². The summed E-state index contributed by atoms with van der Waals surface area (Å²) in [4.78, 5) is 0. The summed E-state index contributed by atoms with van der Waals surface area (Å²) in [5, 5.41) is 0. The molecule has 0 fully saturated rings. The number of quaternary nitrogens is 1. The molecule has 51 heavy (non-hydrogen) atoms. The predicted molar refractivity (Wildman–Crippen MR) is 145 cm³/mol. The molecule has 0 N–H and O–H groups in total. The lowest BCUT2D eigenvalue weighted by atomic mass is 10.0. The molecular weight excluding hydrogens is 737 g/mol. The SMILES string of the molecule is CC(C)(C)[N+](C)(C)c1c(F)c(F)c(F)c(OB(Oc2c(F)cc(F)c(F)c2F)Oc2c(F)cc(F)c(F)c2F)c1F.Fc1[c-]c(F)c(F)c(F)c1. The van der Waals surface area contributed by atoms with Gasteiger partial charge in [-0.25, -0.2) is 43.9 Å². The Kier molecular flexibility index (Phi) is 11.8. The summed E-state index contributed by atoms with van der Waals surface area (Å²) in [6.45, 7) is 4.31. The molecule has 0 bridgehead atoms. The number of hydrogen-bond donors (Lipinski definition) is 0. The molecule has 4 aromatic carbocycles. The molecular formula is C30H18BF16NO3. The van der Waals surface area contributed by atoms with Crippen LogP contribution in [0, 0.1) is 99.1 Å². The fourth-order valence-electron chi connectivity index (χ4n) is 3.68. The van der Waals surface area contributed by atoms with Crippen LogP contribution in [0.4, 0.5) is 75.9 Å². The van der Waals surface area contributed by atoms with Crippen LogP contribution in [-0.2, 0) is 0 Å². The van der Waals surface area contributed by atoms with E-state index in [0.29, 0.717) is 0 Å². The standard InChI is InChI=1S/C24H17BF12NO3.C6HF4/c1-24(2,3)38(4,5)20-15(33)14(32)18(36)23(19(20)37)41-25(39-21-10(28)6-8(26)12(30)16(21)34)40-22-11(29)7-9(27)13(31)17(22)35;7-3-1-4(8)6(10)5(9)2-3/h6-7H,1-5H3;1H/q+1;-1. The maximum absolute atomic E-state index is 15.6. The lowest BCUT2D eigenvalue weighted by Gasteiger charge is -2.42. The number of nitrogens with zero attached hydrogens (tertiary/aromatic N) is 1. The van der Waals surface area contributed by atoms with Gasteiger partial charge in [0.15, 0.2) is 52.2 Å². The first kappa shape index (κ1) is 40.6. The van der Waals surface area contributed by atoms with Crippen molar-refractivity contribution in [2.24, 2.45) is 0 Å². The monoisotopic (exact) mass is 755 g/mol. The van der Waals surface area contributed by atoms with E-state index in [9.17, 15) is 65.9 Å². The molecule has 0 aliphatic rings. The highest BCUT2D eigenvalue weighted by molar-refractivity contribution is 6.39. The van der Waals surface area contributed by atoms with Crippen molar-refractivity contribution in [2.75, 3.05) is 14.1 Å². The highest BCUT2D eigenvalue weighted by atomic mass is 19.2. The Morgan fingerprint density at radius 1 is 0.471 bits per heavy atom. The van der Waals surface area contributed by atoms with Gasteiger partial charge in [-0.05, 0) is 20.8 Å². The summed E-state index contributed by atoms with van der Waals surface area (Å²) < 4.78 is 231. The topological polar surface area (TPSA) is 27.7 Å². The van der Waals surface area contributed by atoms with Gasteiger partial charge >= 0.3 is 7.32 Å². The van der Waals surface area contributed by atoms with Gasteiger partial charge in [0.2, 0.25) is 40.6 Å². The van der Waals surface area contributed by atoms with Gasteiger partial charge in [0, 0.05) is 17.9 Å². The molecule has 0 saturated carbocycles. The molecule has 4 aromatic rings. The number of hydrogen-bond acceptors (Lipinski definition) is 3. The second-order valence-electron chi connectivity index (χ2n) is 11.4. The fraction of sp³-hybridized carbons (Fsp3) is 0.200. The predicted octanol–water partition coefficient (Wildman–Crippen LogP) is 9.29. The van der Waals surface area contributed by atoms with Crippen LogP contribution in [-0.4, -0.2) is 27.0 Å². The van der Waals surface area contributed by atoms with Gasteiger partial charge < -0.3 is 14.0 Å². The van der Waals surface area contributed by atoms with Crippen LogP contribution in [0.1, 0.15) is 20.8 Å².